The largest absolute Gasteiger partial charge is 0.444 e. The number of piperidine rings is 2. The van der Waals surface area contributed by atoms with E-state index in [0.29, 0.717) is 50.4 Å². The molecule has 2 saturated heterocycles. The summed E-state index contributed by atoms with van der Waals surface area (Å²) < 4.78 is 21.9. The summed E-state index contributed by atoms with van der Waals surface area (Å²) in [6.07, 6.45) is 4.92. The maximum absolute atomic E-state index is 14.6. The van der Waals surface area contributed by atoms with Crippen LogP contribution >= 0.6 is 0 Å². The molecule has 4 aliphatic rings. The molecule has 11 heteroatoms. The second kappa shape index (κ2) is 11.2. The number of imidazole rings is 1. The number of nitrogen functional groups attached to an aromatic ring is 1. The van der Waals surface area contributed by atoms with E-state index in [0.717, 1.165) is 53.7 Å². The minimum atomic E-state index is -0.771. The van der Waals surface area contributed by atoms with E-state index in [1.165, 1.54) is 0 Å². The number of halogens is 1. The summed E-state index contributed by atoms with van der Waals surface area (Å²) in [6, 6.07) is 8.68. The number of hydrogen-bond donors (Lipinski definition) is 1. The number of pyridine rings is 1. The van der Waals surface area contributed by atoms with Crippen LogP contribution in [0.25, 0.3) is 22.3 Å². The van der Waals surface area contributed by atoms with Gasteiger partial charge in [0, 0.05) is 49.0 Å². The second-order valence-electron chi connectivity index (χ2n) is 15.0. The predicted molar refractivity (Wildman–Crippen MR) is 176 cm³/mol. The minimum Gasteiger partial charge on any atom is -0.444 e. The Balaban J connectivity index is 1.21. The molecule has 7 rings (SSSR count). The van der Waals surface area contributed by atoms with Crippen molar-refractivity contribution in [2.24, 2.45) is 0 Å². The molecule has 1 aromatic carbocycles. The van der Waals surface area contributed by atoms with Crippen LogP contribution in [0.4, 0.5) is 20.7 Å². The number of ether oxygens (including phenoxy) is 1. The molecule has 1 atom stereocenters. The van der Waals surface area contributed by atoms with Crippen LogP contribution in [-0.4, -0.2) is 86.4 Å². The van der Waals surface area contributed by atoms with Crippen LogP contribution in [0.1, 0.15) is 84.7 Å². The van der Waals surface area contributed by atoms with E-state index in [9.17, 15) is 14.0 Å². The van der Waals surface area contributed by atoms with Crippen LogP contribution in [0.2, 0.25) is 0 Å². The zero-order valence-corrected chi connectivity index (χ0v) is 27.6. The monoisotopic (exact) mass is 631 g/mol. The lowest BCUT2D eigenvalue weighted by molar-refractivity contribution is -0.126. The number of carbonyl (C=O) groups excluding carboxylic acids is 2. The maximum atomic E-state index is 14.6. The molecule has 0 bridgehead atoms. The number of nitrogens with zero attached hydrogens (tertiary/aromatic N) is 6. The molecule has 3 fully saturated rings. The van der Waals surface area contributed by atoms with E-state index in [1.807, 2.05) is 42.4 Å². The molecule has 5 heterocycles. The number of nitrogens with two attached hydrogens (primary N) is 1. The van der Waals surface area contributed by atoms with Gasteiger partial charge >= 0.3 is 6.09 Å². The van der Waals surface area contributed by atoms with Gasteiger partial charge < -0.3 is 24.8 Å². The van der Waals surface area contributed by atoms with Crippen molar-refractivity contribution in [2.75, 3.05) is 36.8 Å². The molecule has 10 nitrogen and oxygen atoms in total. The fourth-order valence-corrected chi connectivity index (χ4v) is 7.97. The van der Waals surface area contributed by atoms with Crippen molar-refractivity contribution in [3.05, 3.63) is 36.2 Å². The van der Waals surface area contributed by atoms with Gasteiger partial charge in [0.25, 0.3) is 0 Å². The Morgan fingerprint density at radius 3 is 2.52 bits per heavy atom. The van der Waals surface area contributed by atoms with Gasteiger partial charge in [-0.2, -0.15) is 0 Å². The smallest absolute Gasteiger partial charge is 0.410 e. The summed E-state index contributed by atoms with van der Waals surface area (Å²) in [4.78, 5) is 42.9. The van der Waals surface area contributed by atoms with Gasteiger partial charge in [-0.05, 0) is 97.4 Å². The lowest BCUT2D eigenvalue weighted by atomic mass is 9.73. The molecule has 46 heavy (non-hydrogen) atoms. The number of amides is 2. The lowest BCUT2D eigenvalue weighted by Gasteiger charge is -2.48. The summed E-state index contributed by atoms with van der Waals surface area (Å²) in [5, 5.41) is 0. The first-order valence-corrected chi connectivity index (χ1v) is 16.8. The van der Waals surface area contributed by atoms with Gasteiger partial charge in [-0.25, -0.2) is 19.2 Å². The Morgan fingerprint density at radius 2 is 1.85 bits per heavy atom. The van der Waals surface area contributed by atoms with Gasteiger partial charge in [0.2, 0.25) is 5.91 Å². The highest BCUT2D eigenvalue weighted by molar-refractivity contribution is 6.09. The fraction of sp³-hybridized carbons (Fsp3) is 0.600. The lowest BCUT2D eigenvalue weighted by Crippen LogP contribution is -2.59. The van der Waals surface area contributed by atoms with Crippen LogP contribution < -0.4 is 10.6 Å². The first kappa shape index (κ1) is 30.9. The Kier molecular flexibility index (Phi) is 7.53. The van der Waals surface area contributed by atoms with Crippen molar-refractivity contribution in [3.63, 3.8) is 0 Å². The molecule has 3 aromatic rings. The third-order valence-electron chi connectivity index (χ3n) is 10.5. The SMILES string of the molecule is CC(C)n1cnc2cc(-c3ccc4c(c3)N(C3CC(N5CCC[C@H](F)C5)C3)C(=O)C43CCN(C(=O)OC(C)(C)C)CC3)nc(N)c21. The molecular weight excluding hydrogens is 585 g/mol. The zero-order chi connectivity index (χ0) is 32.5. The third-order valence-corrected chi connectivity index (χ3v) is 10.5. The van der Waals surface area contributed by atoms with Crippen molar-refractivity contribution < 1.29 is 18.7 Å². The number of likely N-dealkylation sites (tertiary alicyclic amines) is 2. The standard InChI is InChI=1S/C35H46FN7O3/c1-21(2)42-20-38-28-18-27(39-31(37)30(28)42)22-8-9-26-29(15-22)43(25-16-24(17-25)41-12-6-7-23(36)19-41)32(44)35(26)10-13-40(14-11-35)33(45)46-34(3,4)5/h8-9,15,18,20-21,23-25H,6-7,10-14,16-17,19H2,1-5H3,(H2,37,39)/t23-,24?,25?/m0/s1. The highest BCUT2D eigenvalue weighted by Crippen LogP contribution is 2.52. The Morgan fingerprint density at radius 1 is 1.11 bits per heavy atom. The quantitative estimate of drug-likeness (QED) is 0.385. The number of fused-ring (bicyclic) bond motifs is 3. The molecule has 2 aromatic heterocycles. The van der Waals surface area contributed by atoms with Crippen molar-refractivity contribution in [1.29, 1.82) is 0 Å². The van der Waals surface area contributed by atoms with Gasteiger partial charge in [-0.3, -0.25) is 9.69 Å². The zero-order valence-electron chi connectivity index (χ0n) is 27.6. The van der Waals surface area contributed by atoms with Crippen LogP contribution in [0.15, 0.2) is 30.6 Å². The minimum absolute atomic E-state index is 0.0389. The van der Waals surface area contributed by atoms with Gasteiger partial charge in [0.15, 0.2) is 0 Å². The summed E-state index contributed by atoms with van der Waals surface area (Å²) in [5.41, 5.74) is 10.3. The van der Waals surface area contributed by atoms with E-state index >= 15 is 0 Å². The van der Waals surface area contributed by atoms with Crippen molar-refractivity contribution >= 4 is 34.5 Å². The molecule has 1 aliphatic carbocycles. The predicted octanol–water partition coefficient (Wildman–Crippen LogP) is 5.84. The maximum Gasteiger partial charge on any atom is 0.410 e. The highest BCUT2D eigenvalue weighted by Gasteiger charge is 2.56. The summed E-state index contributed by atoms with van der Waals surface area (Å²) >= 11 is 0. The van der Waals surface area contributed by atoms with Gasteiger partial charge in [-0.15, -0.1) is 0 Å². The summed E-state index contributed by atoms with van der Waals surface area (Å²) in [7, 11) is 0. The van der Waals surface area contributed by atoms with E-state index in [4.69, 9.17) is 15.5 Å². The van der Waals surface area contributed by atoms with Crippen molar-refractivity contribution in [3.8, 4) is 11.3 Å². The van der Waals surface area contributed by atoms with E-state index < -0.39 is 17.2 Å². The fourth-order valence-electron chi connectivity index (χ4n) is 7.97. The van der Waals surface area contributed by atoms with Crippen LogP contribution in [0.5, 0.6) is 0 Å². The Hall–Kier alpha value is -3.73. The molecule has 0 unspecified atom stereocenters. The number of hydrogen-bond acceptors (Lipinski definition) is 7. The van der Waals surface area contributed by atoms with E-state index in [1.54, 1.807) is 11.2 Å². The van der Waals surface area contributed by atoms with Gasteiger partial charge in [-0.1, -0.05) is 12.1 Å². The number of aromatic nitrogens is 3. The van der Waals surface area contributed by atoms with Crippen LogP contribution in [-0.2, 0) is 14.9 Å². The average molecular weight is 632 g/mol. The number of alkyl halides is 1. The molecule has 0 radical (unpaired) electrons. The first-order valence-electron chi connectivity index (χ1n) is 16.8. The molecule has 1 spiro atoms. The molecular formula is C35H46FN7O3. The van der Waals surface area contributed by atoms with Crippen LogP contribution in [0.3, 0.4) is 0 Å². The second-order valence-corrected chi connectivity index (χ2v) is 15.0. The molecule has 2 amide bonds. The molecule has 2 N–H and O–H groups in total. The average Bonchev–Trinajstić information content (AvgIpc) is 3.51. The number of benzene rings is 1. The Bertz CT molecular complexity index is 1670. The number of rotatable bonds is 4. The molecule has 246 valence electrons. The molecule has 3 aliphatic heterocycles. The normalized spacial score (nSPS) is 24.9. The first-order chi connectivity index (χ1) is 21.8. The van der Waals surface area contributed by atoms with Gasteiger partial charge in [0.05, 0.1) is 23.0 Å². The topological polar surface area (TPSA) is 110 Å². The van der Waals surface area contributed by atoms with Crippen molar-refractivity contribution in [2.45, 2.75) is 108 Å². The summed E-state index contributed by atoms with van der Waals surface area (Å²) in [5.74, 6) is 0.528. The third kappa shape index (κ3) is 5.20. The number of anilines is 2. The Labute approximate surface area is 270 Å². The van der Waals surface area contributed by atoms with E-state index in [2.05, 4.69) is 35.9 Å². The molecule has 1 saturated carbocycles. The number of carbonyl (C=O) groups is 2. The van der Waals surface area contributed by atoms with Crippen molar-refractivity contribution in [1.82, 2.24) is 24.3 Å². The highest BCUT2D eigenvalue weighted by atomic mass is 19.1. The van der Waals surface area contributed by atoms with E-state index in [-0.39, 0.29) is 30.1 Å². The summed E-state index contributed by atoms with van der Waals surface area (Å²) in [6.45, 7) is 12.1. The van der Waals surface area contributed by atoms with Gasteiger partial charge in [0.1, 0.15) is 23.1 Å². The van der Waals surface area contributed by atoms with Crippen LogP contribution in [0, 0.1) is 0 Å².